The second kappa shape index (κ2) is 9.18. The van der Waals surface area contributed by atoms with Gasteiger partial charge in [-0.2, -0.15) is 5.26 Å². The van der Waals surface area contributed by atoms with Crippen LogP contribution in [0.4, 0.5) is 0 Å². The van der Waals surface area contributed by atoms with Crippen LogP contribution >= 0.6 is 0 Å². The Hall–Kier alpha value is -4.93. The number of benzene rings is 4. The fourth-order valence-corrected chi connectivity index (χ4v) is 6.38. The summed E-state index contributed by atoms with van der Waals surface area (Å²) >= 11 is 0. The lowest BCUT2D eigenvalue weighted by Crippen LogP contribution is -2.14. The minimum atomic E-state index is -4.06. The van der Waals surface area contributed by atoms with Crippen molar-refractivity contribution in [2.45, 2.75) is 4.90 Å². The number of nitriles is 1. The highest BCUT2D eigenvalue weighted by molar-refractivity contribution is 7.90. The Labute approximate surface area is 220 Å². The molecule has 2 heterocycles. The average Bonchev–Trinajstić information content (AvgIpc) is 3.33. The third-order valence-corrected chi connectivity index (χ3v) is 8.30. The van der Waals surface area contributed by atoms with Crippen LogP contribution in [-0.2, 0) is 10.0 Å². The molecule has 0 aliphatic carbocycles. The number of rotatable bonds is 5. The van der Waals surface area contributed by atoms with Crippen LogP contribution in [0.15, 0.2) is 114 Å². The first-order valence-corrected chi connectivity index (χ1v) is 13.4. The van der Waals surface area contributed by atoms with Gasteiger partial charge in [0.05, 0.1) is 28.7 Å². The summed E-state index contributed by atoms with van der Waals surface area (Å²) in [7, 11) is -2.53. The van der Waals surface area contributed by atoms with Gasteiger partial charge >= 0.3 is 0 Å². The van der Waals surface area contributed by atoms with Crippen LogP contribution in [-0.4, -0.2) is 24.5 Å². The van der Waals surface area contributed by atoms with Crippen LogP contribution in [0.1, 0.15) is 5.69 Å². The minimum absolute atomic E-state index is 0.125. The zero-order valence-electron chi connectivity index (χ0n) is 20.4. The van der Waals surface area contributed by atoms with Gasteiger partial charge in [0.25, 0.3) is 10.0 Å². The average molecular weight is 516 g/mol. The molecule has 0 N–H and O–H groups in total. The molecular formula is C31H21N3O3S. The monoisotopic (exact) mass is 515 g/mol. The number of hydrogen-bond acceptors (Lipinski definition) is 5. The molecule has 6 nitrogen and oxygen atoms in total. The predicted molar refractivity (Wildman–Crippen MR) is 148 cm³/mol. The summed E-state index contributed by atoms with van der Waals surface area (Å²) in [5.74, 6) is 0.561. The van der Waals surface area contributed by atoms with Gasteiger partial charge in [0.1, 0.15) is 17.5 Å². The fraction of sp³-hybridized carbons (Fsp3) is 0.0323. The number of methoxy groups -OCH3 is 1. The minimum Gasteiger partial charge on any atom is -0.497 e. The van der Waals surface area contributed by atoms with Crippen molar-refractivity contribution in [1.29, 1.82) is 5.26 Å². The molecule has 0 spiro atoms. The highest BCUT2D eigenvalue weighted by Crippen LogP contribution is 2.44. The van der Waals surface area contributed by atoms with Crippen molar-refractivity contribution in [2.24, 2.45) is 0 Å². The quantitative estimate of drug-likeness (QED) is 0.257. The number of pyridine rings is 1. The maximum Gasteiger partial charge on any atom is 0.268 e. The molecule has 0 unspecified atom stereocenters. The molecule has 0 radical (unpaired) electrons. The first-order chi connectivity index (χ1) is 18.5. The molecular weight excluding hydrogens is 494 g/mol. The molecule has 4 aromatic carbocycles. The van der Waals surface area contributed by atoms with Crippen molar-refractivity contribution in [3.05, 3.63) is 115 Å². The van der Waals surface area contributed by atoms with Crippen LogP contribution in [0.5, 0.6) is 5.75 Å². The summed E-state index contributed by atoms with van der Waals surface area (Å²) in [6.07, 6.45) is 0. The number of ether oxygens (including phenoxy) is 1. The molecule has 0 aliphatic rings. The van der Waals surface area contributed by atoms with E-state index in [0.717, 1.165) is 5.39 Å². The molecule has 6 aromatic rings. The summed E-state index contributed by atoms with van der Waals surface area (Å²) in [5, 5.41) is 11.7. The van der Waals surface area contributed by atoms with E-state index in [0.29, 0.717) is 44.6 Å². The lowest BCUT2D eigenvalue weighted by Gasteiger charge is -2.15. The Morgan fingerprint density at radius 3 is 2.26 bits per heavy atom. The zero-order valence-corrected chi connectivity index (χ0v) is 21.2. The molecule has 0 bridgehead atoms. The van der Waals surface area contributed by atoms with E-state index in [2.05, 4.69) is 11.1 Å². The van der Waals surface area contributed by atoms with Gasteiger partial charge < -0.3 is 4.74 Å². The molecule has 2 aromatic heterocycles. The molecule has 38 heavy (non-hydrogen) atoms. The van der Waals surface area contributed by atoms with Gasteiger partial charge in [0.2, 0.25) is 0 Å². The summed E-state index contributed by atoms with van der Waals surface area (Å²) in [6.45, 7) is 0. The zero-order chi connectivity index (χ0) is 26.3. The first kappa shape index (κ1) is 23.5. The number of para-hydroxylation sites is 2. The van der Waals surface area contributed by atoms with Crippen molar-refractivity contribution >= 4 is 31.8 Å². The van der Waals surface area contributed by atoms with E-state index in [-0.39, 0.29) is 10.6 Å². The van der Waals surface area contributed by atoms with Crippen molar-refractivity contribution < 1.29 is 13.2 Å². The SMILES string of the molecule is COc1ccc(S(=O)(=O)n2c(-c3ccccc3)c(-c3cc4ccccc4nc3C#N)c3ccccc32)cc1. The molecule has 0 fully saturated rings. The van der Waals surface area contributed by atoms with E-state index in [4.69, 9.17) is 4.74 Å². The smallest absolute Gasteiger partial charge is 0.268 e. The van der Waals surface area contributed by atoms with E-state index < -0.39 is 10.0 Å². The van der Waals surface area contributed by atoms with Gasteiger partial charge in [0, 0.05) is 21.9 Å². The van der Waals surface area contributed by atoms with Gasteiger partial charge in [-0.3, -0.25) is 0 Å². The number of nitrogens with zero attached hydrogens (tertiary/aromatic N) is 3. The van der Waals surface area contributed by atoms with Gasteiger partial charge in [-0.05, 0) is 48.0 Å². The van der Waals surface area contributed by atoms with Crippen molar-refractivity contribution in [3.63, 3.8) is 0 Å². The Morgan fingerprint density at radius 2 is 1.53 bits per heavy atom. The summed E-state index contributed by atoms with van der Waals surface area (Å²) in [5.41, 5.74) is 3.82. The van der Waals surface area contributed by atoms with Crippen LogP contribution < -0.4 is 4.74 Å². The van der Waals surface area contributed by atoms with Gasteiger partial charge in [-0.15, -0.1) is 0 Å². The fourth-order valence-electron chi connectivity index (χ4n) is 4.84. The molecule has 184 valence electrons. The van der Waals surface area contributed by atoms with Gasteiger partial charge in [-0.1, -0.05) is 66.7 Å². The third-order valence-electron chi connectivity index (χ3n) is 6.58. The van der Waals surface area contributed by atoms with E-state index in [9.17, 15) is 13.7 Å². The lowest BCUT2D eigenvalue weighted by molar-refractivity contribution is 0.414. The van der Waals surface area contributed by atoms with Crippen LogP contribution in [0.2, 0.25) is 0 Å². The summed E-state index contributed by atoms with van der Waals surface area (Å²) in [6, 6.07) is 34.8. The lowest BCUT2D eigenvalue weighted by atomic mass is 9.96. The third kappa shape index (κ3) is 3.71. The Bertz CT molecular complexity index is 1970. The largest absolute Gasteiger partial charge is 0.497 e. The highest BCUT2D eigenvalue weighted by Gasteiger charge is 2.29. The van der Waals surface area contributed by atoms with E-state index in [1.807, 2.05) is 78.9 Å². The molecule has 0 amide bonds. The Balaban J connectivity index is 1.77. The topological polar surface area (TPSA) is 85.0 Å². The Kier molecular flexibility index (Phi) is 5.67. The van der Waals surface area contributed by atoms with E-state index in [1.54, 1.807) is 18.2 Å². The number of fused-ring (bicyclic) bond motifs is 2. The normalized spacial score (nSPS) is 11.5. The second-order valence-electron chi connectivity index (χ2n) is 8.74. The van der Waals surface area contributed by atoms with Crippen molar-refractivity contribution in [3.8, 4) is 34.2 Å². The highest BCUT2D eigenvalue weighted by atomic mass is 32.2. The first-order valence-electron chi connectivity index (χ1n) is 11.9. The van der Waals surface area contributed by atoms with E-state index >= 15 is 0 Å². The Morgan fingerprint density at radius 1 is 0.842 bits per heavy atom. The van der Waals surface area contributed by atoms with Crippen LogP contribution in [0, 0.1) is 11.3 Å². The molecule has 0 saturated heterocycles. The molecule has 0 saturated carbocycles. The van der Waals surface area contributed by atoms with E-state index in [1.165, 1.54) is 23.2 Å². The van der Waals surface area contributed by atoms with Gasteiger partial charge in [-0.25, -0.2) is 17.4 Å². The van der Waals surface area contributed by atoms with Crippen LogP contribution in [0.25, 0.3) is 44.2 Å². The van der Waals surface area contributed by atoms with Gasteiger partial charge in [0.15, 0.2) is 0 Å². The second-order valence-corrected chi connectivity index (χ2v) is 10.5. The molecule has 6 rings (SSSR count). The maximum atomic E-state index is 14.3. The molecule has 0 aliphatic heterocycles. The molecule has 0 atom stereocenters. The number of hydrogen-bond donors (Lipinski definition) is 0. The van der Waals surface area contributed by atoms with Crippen molar-refractivity contribution in [1.82, 2.24) is 8.96 Å². The number of aromatic nitrogens is 2. The van der Waals surface area contributed by atoms with Crippen LogP contribution in [0.3, 0.4) is 0 Å². The predicted octanol–water partition coefficient (Wildman–Crippen LogP) is 6.64. The summed E-state index contributed by atoms with van der Waals surface area (Å²) < 4.78 is 35.2. The maximum absolute atomic E-state index is 14.3. The standard InChI is InChI=1S/C31H21N3O3S/c1-37-23-15-17-24(18-16-23)38(35,36)34-29-14-8-6-12-25(29)30(31(34)21-9-3-2-4-10-21)26-19-22-11-5-7-13-27(22)33-28(26)20-32/h2-19H,1H3. The summed E-state index contributed by atoms with van der Waals surface area (Å²) in [4.78, 5) is 4.75. The molecule has 7 heteroatoms. The van der Waals surface area contributed by atoms with Crippen molar-refractivity contribution in [2.75, 3.05) is 7.11 Å².